The fraction of sp³-hybridized carbons (Fsp3) is 0.375. The highest BCUT2D eigenvalue weighted by atomic mass is 16.5. The van der Waals surface area contributed by atoms with Gasteiger partial charge in [0.15, 0.2) is 0 Å². The highest BCUT2D eigenvalue weighted by molar-refractivity contribution is 5.97. The summed E-state index contributed by atoms with van der Waals surface area (Å²) in [5.74, 6) is -1.99. The first-order valence-corrected chi connectivity index (χ1v) is 10.6. The monoisotopic (exact) mass is 441 g/mol. The Morgan fingerprint density at radius 1 is 0.906 bits per heavy atom. The molecular weight excluding hydrogens is 410 g/mol. The minimum Gasteiger partial charge on any atom is -0.383 e. The Hall–Kier alpha value is -3.23. The molecule has 4 N–H and O–H groups in total. The smallest absolute Gasteiger partial charge is 0.349 e. The fourth-order valence-corrected chi connectivity index (χ4v) is 3.40. The molecule has 0 heterocycles. The zero-order chi connectivity index (χ0) is 23.7. The van der Waals surface area contributed by atoms with Crippen LogP contribution in [0.3, 0.4) is 0 Å². The van der Waals surface area contributed by atoms with Crippen LogP contribution in [0.15, 0.2) is 60.7 Å². The van der Waals surface area contributed by atoms with Crippen LogP contribution in [0.25, 0.3) is 0 Å². The summed E-state index contributed by atoms with van der Waals surface area (Å²) in [6, 6.07) is 16.0. The number of rotatable bonds is 9. The Labute approximate surface area is 188 Å². The maximum atomic E-state index is 12.8. The average Bonchev–Trinajstić information content (AvgIpc) is 2.81. The van der Waals surface area contributed by atoms with E-state index in [9.17, 15) is 24.7 Å². The number of nitrogens with one attached hydrogen (secondary N) is 2. The third kappa shape index (κ3) is 6.63. The van der Waals surface area contributed by atoms with Crippen molar-refractivity contribution in [3.05, 3.63) is 71.8 Å². The molecule has 0 aromatic heterocycles. The van der Waals surface area contributed by atoms with E-state index < -0.39 is 35.9 Å². The third-order valence-corrected chi connectivity index (χ3v) is 5.16. The normalized spacial score (nSPS) is 12.8. The van der Waals surface area contributed by atoms with E-state index in [1.165, 1.54) is 7.05 Å². The van der Waals surface area contributed by atoms with Crippen molar-refractivity contribution in [3.8, 4) is 0 Å². The highest BCUT2D eigenvalue weighted by Crippen LogP contribution is 2.28. The zero-order valence-corrected chi connectivity index (χ0v) is 18.6. The fourth-order valence-electron chi connectivity index (χ4n) is 3.40. The standard InChI is InChI=1S/C24H31N3O5/c1-16(2)14-15-19(28)23(30)27(32)24(31)26-21(22(29)25-3)20(17-10-6-4-7-11-17)18-12-8-5-9-13-18/h4-13,16,19-21,28,32H,14-15H2,1-3H3,(H,25,29)(H,26,31)/t19-,21-/m0/s1. The number of carbonyl (C=O) groups is 3. The Balaban J connectivity index is 2.30. The SMILES string of the molecule is CNC(=O)[C@@H](NC(=O)N(O)C(=O)[C@@H](O)CCC(C)C)C(c1ccccc1)c1ccccc1. The number of urea groups is 1. The molecular formula is C24H31N3O5. The van der Waals surface area contributed by atoms with Crippen LogP contribution in [-0.4, -0.2) is 52.4 Å². The van der Waals surface area contributed by atoms with Crippen LogP contribution in [0.1, 0.15) is 43.7 Å². The van der Waals surface area contributed by atoms with E-state index in [2.05, 4.69) is 10.6 Å². The molecule has 2 aromatic rings. The molecule has 0 aliphatic rings. The molecule has 2 rings (SSSR count). The lowest BCUT2D eigenvalue weighted by Gasteiger charge is -2.29. The van der Waals surface area contributed by atoms with Crippen LogP contribution < -0.4 is 10.6 Å². The van der Waals surface area contributed by atoms with Crippen molar-refractivity contribution in [1.29, 1.82) is 0 Å². The average molecular weight is 442 g/mol. The van der Waals surface area contributed by atoms with E-state index in [0.29, 0.717) is 6.42 Å². The summed E-state index contributed by atoms with van der Waals surface area (Å²) in [4.78, 5) is 37.7. The molecule has 0 unspecified atom stereocenters. The molecule has 4 amide bonds. The quantitative estimate of drug-likeness (QED) is 0.352. The minimum absolute atomic E-state index is 0.108. The predicted molar refractivity (Wildman–Crippen MR) is 120 cm³/mol. The molecule has 0 saturated heterocycles. The van der Waals surface area contributed by atoms with Gasteiger partial charge in [-0.2, -0.15) is 0 Å². The number of hydrogen-bond acceptors (Lipinski definition) is 5. The van der Waals surface area contributed by atoms with Gasteiger partial charge < -0.3 is 15.7 Å². The van der Waals surface area contributed by atoms with Crippen LogP contribution >= 0.6 is 0 Å². The van der Waals surface area contributed by atoms with Gasteiger partial charge in [0.2, 0.25) is 5.91 Å². The molecule has 0 aliphatic carbocycles. The van der Waals surface area contributed by atoms with Gasteiger partial charge in [0.05, 0.1) is 0 Å². The van der Waals surface area contributed by atoms with Crippen molar-refractivity contribution in [3.63, 3.8) is 0 Å². The Morgan fingerprint density at radius 2 is 1.41 bits per heavy atom. The number of aliphatic hydroxyl groups excluding tert-OH is 1. The summed E-state index contributed by atoms with van der Waals surface area (Å²) in [7, 11) is 1.44. The van der Waals surface area contributed by atoms with E-state index in [1.54, 1.807) is 0 Å². The second-order valence-corrected chi connectivity index (χ2v) is 7.98. The van der Waals surface area contributed by atoms with Gasteiger partial charge in [-0.3, -0.25) is 14.8 Å². The molecule has 8 nitrogen and oxygen atoms in total. The molecule has 0 aliphatic heterocycles. The molecule has 2 aromatic carbocycles. The Bertz CT molecular complexity index is 850. The first-order chi connectivity index (χ1) is 15.3. The lowest BCUT2D eigenvalue weighted by atomic mass is 9.84. The van der Waals surface area contributed by atoms with E-state index in [-0.39, 0.29) is 17.4 Å². The van der Waals surface area contributed by atoms with Gasteiger partial charge in [0, 0.05) is 13.0 Å². The summed E-state index contributed by atoms with van der Waals surface area (Å²) in [6.07, 6.45) is -0.866. The summed E-state index contributed by atoms with van der Waals surface area (Å²) >= 11 is 0. The number of carbonyl (C=O) groups excluding carboxylic acids is 3. The summed E-state index contributed by atoms with van der Waals surface area (Å²) in [6.45, 7) is 3.86. The molecule has 0 saturated carbocycles. The number of imide groups is 1. The van der Waals surface area contributed by atoms with E-state index in [4.69, 9.17) is 0 Å². The van der Waals surface area contributed by atoms with Crippen LogP contribution in [0.5, 0.6) is 0 Å². The van der Waals surface area contributed by atoms with E-state index in [0.717, 1.165) is 11.1 Å². The van der Waals surface area contributed by atoms with Crippen molar-refractivity contribution >= 4 is 17.8 Å². The minimum atomic E-state index is -1.52. The van der Waals surface area contributed by atoms with E-state index in [1.807, 2.05) is 74.5 Å². The van der Waals surface area contributed by atoms with Crippen molar-refractivity contribution in [2.75, 3.05) is 7.05 Å². The number of aliphatic hydroxyl groups is 1. The van der Waals surface area contributed by atoms with Crippen LogP contribution in [0.4, 0.5) is 4.79 Å². The Kier molecular flexibility index (Phi) is 9.37. The van der Waals surface area contributed by atoms with Gasteiger partial charge >= 0.3 is 6.03 Å². The van der Waals surface area contributed by atoms with Gasteiger partial charge in [-0.15, -0.1) is 5.06 Å². The lowest BCUT2D eigenvalue weighted by Crippen LogP contribution is -2.55. The van der Waals surface area contributed by atoms with Gasteiger partial charge in [0.25, 0.3) is 5.91 Å². The molecule has 8 heteroatoms. The molecule has 0 fully saturated rings. The molecule has 172 valence electrons. The van der Waals surface area contributed by atoms with E-state index >= 15 is 0 Å². The molecule has 0 bridgehead atoms. The summed E-state index contributed by atoms with van der Waals surface area (Å²) in [5, 5.41) is 25.0. The molecule has 32 heavy (non-hydrogen) atoms. The van der Waals surface area contributed by atoms with Crippen LogP contribution in [-0.2, 0) is 9.59 Å². The van der Waals surface area contributed by atoms with Crippen molar-refractivity contribution < 1.29 is 24.7 Å². The number of likely N-dealkylation sites (N-methyl/N-ethyl adjacent to an activating group) is 1. The van der Waals surface area contributed by atoms with Crippen LogP contribution in [0.2, 0.25) is 0 Å². The second-order valence-electron chi connectivity index (χ2n) is 7.98. The zero-order valence-electron chi connectivity index (χ0n) is 18.6. The molecule has 2 atom stereocenters. The number of hydrogen-bond donors (Lipinski definition) is 4. The maximum absolute atomic E-state index is 12.8. The number of benzene rings is 2. The van der Waals surface area contributed by atoms with Crippen molar-refractivity contribution in [1.82, 2.24) is 15.7 Å². The molecule has 0 radical (unpaired) electrons. The van der Waals surface area contributed by atoms with Gasteiger partial charge in [-0.1, -0.05) is 74.5 Å². The molecule has 0 spiro atoms. The third-order valence-electron chi connectivity index (χ3n) is 5.16. The first-order valence-electron chi connectivity index (χ1n) is 10.6. The van der Waals surface area contributed by atoms with Crippen LogP contribution in [0, 0.1) is 5.92 Å². The topological polar surface area (TPSA) is 119 Å². The van der Waals surface area contributed by atoms with Gasteiger partial charge in [-0.25, -0.2) is 4.79 Å². The van der Waals surface area contributed by atoms with Gasteiger partial charge in [-0.05, 0) is 29.9 Å². The second kappa shape index (κ2) is 12.0. The lowest BCUT2D eigenvalue weighted by molar-refractivity contribution is -0.162. The van der Waals surface area contributed by atoms with Gasteiger partial charge in [0.1, 0.15) is 12.1 Å². The first kappa shape index (κ1) is 25.0. The van der Waals surface area contributed by atoms with Crippen molar-refractivity contribution in [2.45, 2.75) is 44.8 Å². The Morgan fingerprint density at radius 3 is 1.84 bits per heavy atom. The summed E-state index contributed by atoms with van der Waals surface area (Å²) < 4.78 is 0. The predicted octanol–water partition coefficient (Wildman–Crippen LogP) is 2.66. The number of amides is 4. The summed E-state index contributed by atoms with van der Waals surface area (Å²) in [5.41, 5.74) is 1.53. The van der Waals surface area contributed by atoms with Crippen molar-refractivity contribution in [2.24, 2.45) is 5.92 Å². The maximum Gasteiger partial charge on any atom is 0.349 e. The number of nitrogens with zero attached hydrogens (tertiary/aromatic N) is 1. The number of hydroxylamine groups is 2. The largest absolute Gasteiger partial charge is 0.383 e. The highest BCUT2D eigenvalue weighted by Gasteiger charge is 2.35.